The van der Waals surface area contributed by atoms with E-state index < -0.39 is 0 Å². The summed E-state index contributed by atoms with van der Waals surface area (Å²) in [6.07, 6.45) is 3.70. The average molecular weight is 216 g/mol. The van der Waals surface area contributed by atoms with Gasteiger partial charge in [-0.05, 0) is 31.0 Å². The highest BCUT2D eigenvalue weighted by Gasteiger charge is 2.22. The van der Waals surface area contributed by atoms with E-state index in [-0.39, 0.29) is 0 Å². The van der Waals surface area contributed by atoms with Gasteiger partial charge in [0.1, 0.15) is 11.6 Å². The molecule has 1 fully saturated rings. The third-order valence-electron chi connectivity index (χ3n) is 3.34. The summed E-state index contributed by atoms with van der Waals surface area (Å²) >= 11 is 0. The molecular formula is C13H16N2O. The molecule has 0 N–H and O–H groups in total. The number of benzene rings is 1. The minimum Gasteiger partial charge on any atom is -0.497 e. The second-order valence-electron chi connectivity index (χ2n) is 4.40. The maximum atomic E-state index is 5.25. The van der Waals surface area contributed by atoms with E-state index in [1.54, 1.807) is 7.11 Å². The SMILES string of the molecule is COc1ccc2c(c1)CN1CCCCC1=N2. The predicted molar refractivity (Wildman–Crippen MR) is 64.4 cm³/mol. The minimum atomic E-state index is 0.925. The van der Waals surface area contributed by atoms with Crippen LogP contribution in [0.25, 0.3) is 0 Å². The summed E-state index contributed by atoms with van der Waals surface area (Å²) in [6, 6.07) is 6.15. The summed E-state index contributed by atoms with van der Waals surface area (Å²) in [5.74, 6) is 2.19. The minimum absolute atomic E-state index is 0.925. The number of rotatable bonds is 1. The zero-order valence-electron chi connectivity index (χ0n) is 9.57. The van der Waals surface area contributed by atoms with E-state index in [1.807, 2.05) is 6.07 Å². The first-order valence-corrected chi connectivity index (χ1v) is 5.86. The van der Waals surface area contributed by atoms with Crippen LogP contribution in [0.4, 0.5) is 5.69 Å². The molecule has 0 atom stereocenters. The Morgan fingerprint density at radius 3 is 3.12 bits per heavy atom. The second kappa shape index (κ2) is 3.81. The standard InChI is InChI=1S/C13H16N2O/c1-16-11-5-6-12-10(8-11)9-15-7-3-2-4-13(15)14-12/h5-6,8H,2-4,7,9H2,1H3. The first-order chi connectivity index (χ1) is 7.86. The van der Waals surface area contributed by atoms with Gasteiger partial charge in [0.25, 0.3) is 0 Å². The number of fused-ring (bicyclic) bond motifs is 2. The monoisotopic (exact) mass is 216 g/mol. The smallest absolute Gasteiger partial charge is 0.119 e. The lowest BCUT2D eigenvalue weighted by Crippen LogP contribution is -2.36. The van der Waals surface area contributed by atoms with Crippen molar-refractivity contribution in [3.63, 3.8) is 0 Å². The van der Waals surface area contributed by atoms with Crippen LogP contribution in [0.2, 0.25) is 0 Å². The summed E-state index contributed by atoms with van der Waals surface area (Å²) in [6.45, 7) is 2.14. The van der Waals surface area contributed by atoms with Gasteiger partial charge in [-0.1, -0.05) is 0 Å². The maximum absolute atomic E-state index is 5.25. The zero-order chi connectivity index (χ0) is 11.0. The molecule has 2 aliphatic heterocycles. The van der Waals surface area contributed by atoms with E-state index in [2.05, 4.69) is 17.0 Å². The van der Waals surface area contributed by atoms with Crippen molar-refractivity contribution in [1.29, 1.82) is 0 Å². The van der Waals surface area contributed by atoms with Crippen molar-refractivity contribution in [2.75, 3.05) is 13.7 Å². The highest BCUT2D eigenvalue weighted by molar-refractivity contribution is 5.87. The van der Waals surface area contributed by atoms with Crippen LogP contribution < -0.4 is 4.74 Å². The molecule has 16 heavy (non-hydrogen) atoms. The third-order valence-corrected chi connectivity index (χ3v) is 3.34. The van der Waals surface area contributed by atoms with Gasteiger partial charge in [0, 0.05) is 25.1 Å². The van der Waals surface area contributed by atoms with Crippen molar-refractivity contribution >= 4 is 11.5 Å². The fraction of sp³-hybridized carbons (Fsp3) is 0.462. The largest absolute Gasteiger partial charge is 0.497 e. The van der Waals surface area contributed by atoms with Crippen LogP contribution in [0.3, 0.4) is 0 Å². The Bertz CT molecular complexity index is 440. The summed E-state index contributed by atoms with van der Waals surface area (Å²) in [5, 5.41) is 0. The van der Waals surface area contributed by atoms with Gasteiger partial charge in [0.15, 0.2) is 0 Å². The molecule has 1 saturated heterocycles. The topological polar surface area (TPSA) is 24.8 Å². The van der Waals surface area contributed by atoms with E-state index in [0.717, 1.165) is 30.9 Å². The molecule has 0 unspecified atom stereocenters. The number of ether oxygens (including phenoxy) is 1. The number of nitrogens with zero attached hydrogens (tertiary/aromatic N) is 2. The van der Waals surface area contributed by atoms with Crippen molar-refractivity contribution in [3.8, 4) is 5.75 Å². The van der Waals surface area contributed by atoms with Crippen LogP contribution in [-0.4, -0.2) is 24.4 Å². The summed E-state index contributed by atoms with van der Waals surface area (Å²) in [4.78, 5) is 7.12. The lowest BCUT2D eigenvalue weighted by atomic mass is 10.0. The molecule has 0 bridgehead atoms. The Morgan fingerprint density at radius 1 is 1.31 bits per heavy atom. The quantitative estimate of drug-likeness (QED) is 0.721. The van der Waals surface area contributed by atoms with E-state index in [4.69, 9.17) is 9.73 Å². The molecule has 2 heterocycles. The number of aliphatic imine (C=N–C) groups is 1. The molecule has 3 rings (SSSR count). The maximum Gasteiger partial charge on any atom is 0.119 e. The van der Waals surface area contributed by atoms with E-state index >= 15 is 0 Å². The third kappa shape index (κ3) is 1.56. The van der Waals surface area contributed by atoms with Gasteiger partial charge >= 0.3 is 0 Å². The normalized spacial score (nSPS) is 18.6. The van der Waals surface area contributed by atoms with Crippen molar-refractivity contribution in [1.82, 2.24) is 4.90 Å². The number of hydrogen-bond donors (Lipinski definition) is 0. The molecule has 0 radical (unpaired) electrons. The summed E-state index contributed by atoms with van der Waals surface area (Å²) in [7, 11) is 1.71. The molecule has 2 aliphatic rings. The highest BCUT2D eigenvalue weighted by Crippen LogP contribution is 2.32. The lowest BCUT2D eigenvalue weighted by molar-refractivity contribution is 0.357. The van der Waals surface area contributed by atoms with Crippen LogP contribution in [0.5, 0.6) is 5.75 Å². The molecule has 0 amide bonds. The second-order valence-corrected chi connectivity index (χ2v) is 4.40. The molecule has 1 aromatic rings. The Morgan fingerprint density at radius 2 is 2.25 bits per heavy atom. The lowest BCUT2D eigenvalue weighted by Gasteiger charge is -2.34. The van der Waals surface area contributed by atoms with Gasteiger partial charge in [0.05, 0.1) is 12.8 Å². The Labute approximate surface area is 95.7 Å². The predicted octanol–water partition coefficient (Wildman–Crippen LogP) is 2.72. The fourth-order valence-corrected chi connectivity index (χ4v) is 2.44. The average Bonchev–Trinajstić information content (AvgIpc) is 2.35. The van der Waals surface area contributed by atoms with Gasteiger partial charge in [0.2, 0.25) is 0 Å². The molecule has 0 aromatic heterocycles. The number of amidine groups is 1. The van der Waals surface area contributed by atoms with Crippen molar-refractivity contribution in [2.45, 2.75) is 25.8 Å². The van der Waals surface area contributed by atoms with E-state index in [9.17, 15) is 0 Å². The Kier molecular flexibility index (Phi) is 2.31. The van der Waals surface area contributed by atoms with Crippen LogP contribution in [-0.2, 0) is 6.54 Å². The molecule has 84 valence electrons. The van der Waals surface area contributed by atoms with Crippen LogP contribution in [0, 0.1) is 0 Å². The number of piperidine rings is 1. The molecule has 3 nitrogen and oxygen atoms in total. The highest BCUT2D eigenvalue weighted by atomic mass is 16.5. The Balaban J connectivity index is 1.99. The van der Waals surface area contributed by atoms with Crippen LogP contribution >= 0.6 is 0 Å². The molecular weight excluding hydrogens is 200 g/mol. The first kappa shape index (κ1) is 9.70. The van der Waals surface area contributed by atoms with Gasteiger partial charge in [-0.3, -0.25) is 0 Å². The van der Waals surface area contributed by atoms with Crippen molar-refractivity contribution in [3.05, 3.63) is 23.8 Å². The van der Waals surface area contributed by atoms with Gasteiger partial charge in [-0.25, -0.2) is 4.99 Å². The van der Waals surface area contributed by atoms with Crippen molar-refractivity contribution in [2.24, 2.45) is 4.99 Å². The molecule has 0 saturated carbocycles. The molecule has 0 spiro atoms. The van der Waals surface area contributed by atoms with Gasteiger partial charge < -0.3 is 9.64 Å². The fourth-order valence-electron chi connectivity index (χ4n) is 2.44. The van der Waals surface area contributed by atoms with E-state index in [0.29, 0.717) is 0 Å². The van der Waals surface area contributed by atoms with E-state index in [1.165, 1.54) is 24.2 Å². The zero-order valence-corrected chi connectivity index (χ0v) is 9.57. The number of methoxy groups -OCH3 is 1. The number of hydrogen-bond acceptors (Lipinski definition) is 3. The van der Waals surface area contributed by atoms with Crippen LogP contribution in [0.1, 0.15) is 24.8 Å². The first-order valence-electron chi connectivity index (χ1n) is 5.86. The summed E-state index contributed by atoms with van der Waals surface area (Å²) < 4.78 is 5.25. The molecule has 1 aromatic carbocycles. The summed E-state index contributed by atoms with van der Waals surface area (Å²) in [5.41, 5.74) is 2.40. The molecule has 3 heteroatoms. The van der Waals surface area contributed by atoms with Gasteiger partial charge in [-0.2, -0.15) is 0 Å². The van der Waals surface area contributed by atoms with Crippen molar-refractivity contribution < 1.29 is 4.74 Å². The van der Waals surface area contributed by atoms with Gasteiger partial charge in [-0.15, -0.1) is 0 Å². The molecule has 0 aliphatic carbocycles. The van der Waals surface area contributed by atoms with Crippen LogP contribution in [0.15, 0.2) is 23.2 Å². The Hall–Kier alpha value is -1.51.